The minimum atomic E-state index is -0.722. The van der Waals surface area contributed by atoms with Crippen molar-refractivity contribution >= 4 is 28.9 Å². The van der Waals surface area contributed by atoms with Gasteiger partial charge in [0, 0.05) is 22.7 Å². The summed E-state index contributed by atoms with van der Waals surface area (Å²) in [4.78, 5) is 40.1. The highest BCUT2D eigenvalue weighted by Crippen LogP contribution is 2.24. The molecule has 1 amide bonds. The third-order valence-corrected chi connectivity index (χ3v) is 4.71. The fraction of sp³-hybridized carbons (Fsp3) is 0.200. The lowest BCUT2D eigenvalue weighted by Crippen LogP contribution is -2.22. The van der Waals surface area contributed by atoms with E-state index >= 15 is 0 Å². The van der Waals surface area contributed by atoms with Crippen LogP contribution in [0.25, 0.3) is 11.3 Å². The quantitative estimate of drug-likeness (QED) is 0.661. The summed E-state index contributed by atoms with van der Waals surface area (Å²) in [6.07, 6.45) is 0. The SMILES string of the molecule is Cc1nc(-c2cccc(NC(=O)COC(=O)c3c(C)cc(=O)oc3C)c2)cs1. The molecule has 0 radical (unpaired) electrons. The van der Waals surface area contributed by atoms with Crippen LogP contribution in [0.15, 0.2) is 44.9 Å². The Hall–Kier alpha value is -3.26. The molecule has 3 aromatic rings. The number of benzene rings is 1. The van der Waals surface area contributed by atoms with E-state index in [1.165, 1.54) is 13.0 Å². The third kappa shape index (κ3) is 4.52. The van der Waals surface area contributed by atoms with Gasteiger partial charge in [-0.2, -0.15) is 0 Å². The topological polar surface area (TPSA) is 98.5 Å². The van der Waals surface area contributed by atoms with E-state index in [2.05, 4.69) is 10.3 Å². The number of ether oxygens (including phenoxy) is 1. The molecule has 1 N–H and O–H groups in total. The van der Waals surface area contributed by atoms with Crippen molar-refractivity contribution < 1.29 is 18.7 Å². The smallest absolute Gasteiger partial charge is 0.342 e. The van der Waals surface area contributed by atoms with E-state index < -0.39 is 24.1 Å². The second-order valence-electron chi connectivity index (χ2n) is 6.14. The van der Waals surface area contributed by atoms with Gasteiger partial charge in [-0.25, -0.2) is 14.6 Å². The zero-order chi connectivity index (χ0) is 20.3. The van der Waals surface area contributed by atoms with Gasteiger partial charge in [0.2, 0.25) is 0 Å². The number of hydrogen-bond donors (Lipinski definition) is 1. The molecule has 0 aliphatic rings. The first-order chi connectivity index (χ1) is 13.3. The second-order valence-corrected chi connectivity index (χ2v) is 7.20. The van der Waals surface area contributed by atoms with Crippen LogP contribution in [0.1, 0.15) is 26.7 Å². The molecular weight excluding hydrogens is 380 g/mol. The molecule has 0 aliphatic heterocycles. The van der Waals surface area contributed by atoms with Crippen LogP contribution in [-0.4, -0.2) is 23.5 Å². The molecule has 0 unspecified atom stereocenters. The van der Waals surface area contributed by atoms with Crippen molar-refractivity contribution in [2.75, 3.05) is 11.9 Å². The number of hydrogen-bond acceptors (Lipinski definition) is 7. The highest BCUT2D eigenvalue weighted by Gasteiger charge is 2.18. The first-order valence-corrected chi connectivity index (χ1v) is 9.32. The number of rotatable bonds is 5. The van der Waals surface area contributed by atoms with E-state index in [0.29, 0.717) is 11.3 Å². The maximum atomic E-state index is 12.2. The number of thiazole rings is 1. The number of carbonyl (C=O) groups is 2. The van der Waals surface area contributed by atoms with Crippen molar-refractivity contribution in [2.45, 2.75) is 20.8 Å². The predicted molar refractivity (Wildman–Crippen MR) is 106 cm³/mol. The van der Waals surface area contributed by atoms with Crippen molar-refractivity contribution in [2.24, 2.45) is 0 Å². The highest BCUT2D eigenvalue weighted by atomic mass is 32.1. The lowest BCUT2D eigenvalue weighted by molar-refractivity contribution is -0.119. The number of carbonyl (C=O) groups excluding carboxylic acids is 2. The Morgan fingerprint density at radius 1 is 1.21 bits per heavy atom. The van der Waals surface area contributed by atoms with Crippen molar-refractivity contribution in [3.8, 4) is 11.3 Å². The fourth-order valence-corrected chi connectivity index (χ4v) is 3.34. The van der Waals surface area contributed by atoms with Crippen LogP contribution in [0.2, 0.25) is 0 Å². The molecule has 8 heteroatoms. The second kappa shape index (κ2) is 8.18. The number of aryl methyl sites for hydroxylation is 3. The van der Waals surface area contributed by atoms with Gasteiger partial charge in [-0.15, -0.1) is 11.3 Å². The van der Waals surface area contributed by atoms with Gasteiger partial charge in [-0.3, -0.25) is 4.79 Å². The van der Waals surface area contributed by atoms with Crippen LogP contribution in [-0.2, 0) is 9.53 Å². The van der Waals surface area contributed by atoms with Crippen LogP contribution in [0.4, 0.5) is 5.69 Å². The standard InChI is InChI=1S/C20H18N2O5S/c1-11-7-18(24)27-12(2)19(11)20(25)26-9-17(23)22-15-6-4-5-14(8-15)16-10-28-13(3)21-16/h4-8,10H,9H2,1-3H3,(H,22,23). The van der Waals surface area contributed by atoms with E-state index in [9.17, 15) is 14.4 Å². The Kier molecular flexibility index (Phi) is 5.70. The normalized spacial score (nSPS) is 10.5. The van der Waals surface area contributed by atoms with Gasteiger partial charge in [0.05, 0.1) is 10.7 Å². The van der Waals surface area contributed by atoms with E-state index in [0.717, 1.165) is 16.3 Å². The summed E-state index contributed by atoms with van der Waals surface area (Å²) in [6.45, 7) is 4.56. The molecule has 0 aliphatic carbocycles. The van der Waals surface area contributed by atoms with E-state index in [1.54, 1.807) is 30.4 Å². The van der Waals surface area contributed by atoms with Crippen LogP contribution in [0.5, 0.6) is 0 Å². The molecular formula is C20H18N2O5S. The molecule has 0 spiro atoms. The fourth-order valence-electron chi connectivity index (χ4n) is 2.72. The Balaban J connectivity index is 1.64. The number of esters is 1. The highest BCUT2D eigenvalue weighted by molar-refractivity contribution is 7.09. The number of anilines is 1. The summed E-state index contributed by atoms with van der Waals surface area (Å²) in [7, 11) is 0. The molecule has 2 aromatic heterocycles. The average Bonchev–Trinajstić information content (AvgIpc) is 3.06. The number of aromatic nitrogens is 1. The van der Waals surface area contributed by atoms with Crippen molar-refractivity contribution in [3.63, 3.8) is 0 Å². The molecule has 0 saturated carbocycles. The Bertz CT molecular complexity index is 1070. The minimum absolute atomic E-state index is 0.147. The van der Waals surface area contributed by atoms with Crippen LogP contribution < -0.4 is 10.9 Å². The van der Waals surface area contributed by atoms with Crippen LogP contribution in [0.3, 0.4) is 0 Å². The largest absolute Gasteiger partial charge is 0.452 e. The zero-order valence-electron chi connectivity index (χ0n) is 15.6. The van der Waals surface area contributed by atoms with E-state index in [1.807, 2.05) is 24.4 Å². The van der Waals surface area contributed by atoms with Gasteiger partial charge in [0.25, 0.3) is 5.91 Å². The Labute approximate surface area is 165 Å². The third-order valence-electron chi connectivity index (χ3n) is 3.93. The van der Waals surface area contributed by atoms with E-state index in [-0.39, 0.29) is 11.3 Å². The number of amides is 1. The Morgan fingerprint density at radius 3 is 2.68 bits per heavy atom. The monoisotopic (exact) mass is 398 g/mol. The van der Waals surface area contributed by atoms with Gasteiger partial charge in [-0.05, 0) is 38.5 Å². The maximum absolute atomic E-state index is 12.2. The molecule has 3 rings (SSSR count). The summed E-state index contributed by atoms with van der Waals surface area (Å²) in [6, 6.07) is 8.45. The zero-order valence-corrected chi connectivity index (χ0v) is 16.4. The number of nitrogens with one attached hydrogen (secondary N) is 1. The summed E-state index contributed by atoms with van der Waals surface area (Å²) >= 11 is 1.55. The van der Waals surface area contributed by atoms with Gasteiger partial charge in [-0.1, -0.05) is 12.1 Å². The molecule has 28 heavy (non-hydrogen) atoms. The first kappa shape index (κ1) is 19.5. The lowest BCUT2D eigenvalue weighted by atomic mass is 10.1. The summed E-state index contributed by atoms with van der Waals surface area (Å²) < 4.78 is 9.97. The Morgan fingerprint density at radius 2 is 2.00 bits per heavy atom. The maximum Gasteiger partial charge on any atom is 0.342 e. The molecule has 2 heterocycles. The summed E-state index contributed by atoms with van der Waals surface area (Å²) in [5.74, 6) is -1.05. The summed E-state index contributed by atoms with van der Waals surface area (Å²) in [5.41, 5.74) is 2.33. The van der Waals surface area contributed by atoms with Gasteiger partial charge >= 0.3 is 11.6 Å². The van der Waals surface area contributed by atoms with Gasteiger partial charge in [0.1, 0.15) is 11.3 Å². The van der Waals surface area contributed by atoms with Crippen molar-refractivity contribution in [3.05, 3.63) is 68.0 Å². The predicted octanol–water partition coefficient (Wildman–Crippen LogP) is 3.48. The van der Waals surface area contributed by atoms with Crippen LogP contribution in [0, 0.1) is 20.8 Å². The molecule has 0 fully saturated rings. The molecule has 0 atom stereocenters. The van der Waals surface area contributed by atoms with Crippen molar-refractivity contribution in [1.82, 2.24) is 4.98 Å². The molecule has 1 aromatic carbocycles. The van der Waals surface area contributed by atoms with Crippen LogP contribution >= 0.6 is 11.3 Å². The van der Waals surface area contributed by atoms with E-state index in [4.69, 9.17) is 9.15 Å². The molecule has 144 valence electrons. The summed E-state index contributed by atoms with van der Waals surface area (Å²) in [5, 5.41) is 5.59. The van der Waals surface area contributed by atoms with Crippen molar-refractivity contribution in [1.29, 1.82) is 0 Å². The lowest BCUT2D eigenvalue weighted by Gasteiger charge is -2.09. The molecule has 7 nitrogen and oxygen atoms in total. The molecule has 0 bridgehead atoms. The average molecular weight is 398 g/mol. The van der Waals surface area contributed by atoms with Gasteiger partial charge < -0.3 is 14.5 Å². The number of nitrogens with zero attached hydrogens (tertiary/aromatic N) is 1. The minimum Gasteiger partial charge on any atom is -0.452 e. The molecule has 0 saturated heterocycles. The first-order valence-electron chi connectivity index (χ1n) is 8.44. The van der Waals surface area contributed by atoms with Gasteiger partial charge in [0.15, 0.2) is 6.61 Å².